The number of fused-ring (bicyclic) bond motifs is 1. The molecule has 5 nitrogen and oxygen atoms in total. The average molecular weight is 381 g/mol. The molecule has 0 unspecified atom stereocenters. The summed E-state index contributed by atoms with van der Waals surface area (Å²) in [6.45, 7) is 3.43. The number of amides is 1. The van der Waals surface area contributed by atoms with Crippen LogP contribution in [0, 0.1) is 13.8 Å². The van der Waals surface area contributed by atoms with Gasteiger partial charge in [0.15, 0.2) is 0 Å². The molecule has 0 aliphatic heterocycles. The third-order valence-corrected chi connectivity index (χ3v) is 5.08. The number of rotatable bonds is 3. The van der Waals surface area contributed by atoms with Crippen molar-refractivity contribution < 1.29 is 18.0 Å². The highest BCUT2D eigenvalue weighted by Crippen LogP contribution is 2.29. The van der Waals surface area contributed by atoms with Crippen molar-refractivity contribution in [1.29, 1.82) is 0 Å². The summed E-state index contributed by atoms with van der Waals surface area (Å²) in [5.41, 5.74) is -0.0725. The first kappa shape index (κ1) is 18.1. The molecule has 3 rings (SSSR count). The van der Waals surface area contributed by atoms with Crippen molar-refractivity contribution in [3.63, 3.8) is 0 Å². The number of carbonyl (C=O) groups excluding carboxylic acids is 1. The molecule has 0 aliphatic rings. The van der Waals surface area contributed by atoms with Gasteiger partial charge in [-0.3, -0.25) is 14.2 Å². The lowest BCUT2D eigenvalue weighted by Crippen LogP contribution is -2.27. The molecule has 0 radical (unpaired) electrons. The van der Waals surface area contributed by atoms with Crippen LogP contribution in [0.2, 0.25) is 0 Å². The summed E-state index contributed by atoms with van der Waals surface area (Å²) in [7, 11) is 0. The number of hydrogen-bond donors (Lipinski definition) is 1. The lowest BCUT2D eigenvalue weighted by Gasteiger charge is -2.09. The van der Waals surface area contributed by atoms with Crippen molar-refractivity contribution in [2.75, 3.05) is 5.32 Å². The first-order valence-electron chi connectivity index (χ1n) is 7.59. The summed E-state index contributed by atoms with van der Waals surface area (Å²) in [5.74, 6) is -0.530. The van der Waals surface area contributed by atoms with Crippen LogP contribution in [0.4, 0.5) is 18.9 Å². The van der Waals surface area contributed by atoms with Crippen molar-refractivity contribution in [2.24, 2.45) is 0 Å². The Hall–Kier alpha value is -2.68. The summed E-state index contributed by atoms with van der Waals surface area (Å²) >= 11 is 1.41. The van der Waals surface area contributed by atoms with Gasteiger partial charge in [0.05, 0.1) is 17.3 Å². The fourth-order valence-corrected chi connectivity index (χ4v) is 3.47. The first-order valence-corrected chi connectivity index (χ1v) is 8.40. The molecule has 2 aromatic heterocycles. The van der Waals surface area contributed by atoms with Crippen LogP contribution in [0.3, 0.4) is 0 Å². The van der Waals surface area contributed by atoms with Crippen LogP contribution in [0.1, 0.15) is 16.0 Å². The van der Waals surface area contributed by atoms with Crippen LogP contribution < -0.4 is 10.9 Å². The second kappa shape index (κ2) is 6.56. The Kier molecular flexibility index (Phi) is 4.57. The van der Waals surface area contributed by atoms with Gasteiger partial charge in [0.1, 0.15) is 11.4 Å². The number of carbonyl (C=O) groups is 1. The molecular formula is C17H14F3N3O2S. The van der Waals surface area contributed by atoms with E-state index in [1.165, 1.54) is 22.2 Å². The van der Waals surface area contributed by atoms with E-state index in [1.54, 1.807) is 0 Å². The summed E-state index contributed by atoms with van der Waals surface area (Å²) in [5, 5.41) is 2.96. The molecule has 2 heterocycles. The van der Waals surface area contributed by atoms with Crippen LogP contribution >= 0.6 is 11.3 Å². The van der Waals surface area contributed by atoms with E-state index in [-0.39, 0.29) is 17.8 Å². The van der Waals surface area contributed by atoms with Crippen molar-refractivity contribution in [3.05, 3.63) is 57.0 Å². The zero-order valence-electron chi connectivity index (χ0n) is 13.8. The first-order chi connectivity index (χ1) is 12.2. The van der Waals surface area contributed by atoms with E-state index in [4.69, 9.17) is 0 Å². The zero-order valence-corrected chi connectivity index (χ0v) is 14.7. The predicted molar refractivity (Wildman–Crippen MR) is 93.4 cm³/mol. The summed E-state index contributed by atoms with van der Waals surface area (Å²) < 4.78 is 38.8. The van der Waals surface area contributed by atoms with E-state index in [9.17, 15) is 22.8 Å². The third-order valence-electron chi connectivity index (χ3n) is 3.97. The van der Waals surface area contributed by atoms with Gasteiger partial charge in [-0.1, -0.05) is 0 Å². The SMILES string of the molecule is Cc1sc2ncn(CC(=O)Nc3ccc(C(F)(F)F)cc3)c(=O)c2c1C. The highest BCUT2D eigenvalue weighted by Gasteiger charge is 2.30. The Morgan fingerprint density at radius 3 is 2.50 bits per heavy atom. The van der Waals surface area contributed by atoms with Gasteiger partial charge in [0, 0.05) is 10.6 Å². The number of hydrogen-bond acceptors (Lipinski definition) is 4. The number of nitrogens with one attached hydrogen (secondary N) is 1. The van der Waals surface area contributed by atoms with Gasteiger partial charge in [-0.25, -0.2) is 4.98 Å². The topological polar surface area (TPSA) is 64.0 Å². The van der Waals surface area contributed by atoms with Gasteiger partial charge in [-0.15, -0.1) is 11.3 Å². The largest absolute Gasteiger partial charge is 0.416 e. The average Bonchev–Trinajstić information content (AvgIpc) is 2.85. The minimum Gasteiger partial charge on any atom is -0.325 e. The molecule has 9 heteroatoms. The molecule has 26 heavy (non-hydrogen) atoms. The number of aryl methyl sites for hydroxylation is 2. The second-order valence-corrected chi connectivity index (χ2v) is 6.97. The van der Waals surface area contributed by atoms with Gasteiger partial charge in [0.25, 0.3) is 5.56 Å². The Labute approximate surface area is 150 Å². The highest BCUT2D eigenvalue weighted by atomic mass is 32.1. The van der Waals surface area contributed by atoms with E-state index in [1.807, 2.05) is 13.8 Å². The smallest absolute Gasteiger partial charge is 0.325 e. The van der Waals surface area contributed by atoms with Crippen LogP contribution in [-0.2, 0) is 17.5 Å². The normalized spacial score (nSPS) is 11.7. The predicted octanol–water partition coefficient (Wildman–Crippen LogP) is 3.73. The standard InChI is InChI=1S/C17H14F3N3O2S/c1-9-10(2)26-15-14(9)16(25)23(8-21-15)7-13(24)22-12-5-3-11(4-6-12)17(18,19)20/h3-6,8H,7H2,1-2H3,(H,22,24). The van der Waals surface area contributed by atoms with Crippen molar-refractivity contribution >= 4 is 33.1 Å². The minimum atomic E-state index is -4.44. The maximum Gasteiger partial charge on any atom is 0.416 e. The minimum absolute atomic E-state index is 0.215. The number of anilines is 1. The Balaban J connectivity index is 1.78. The number of aromatic nitrogens is 2. The molecule has 1 amide bonds. The molecule has 0 saturated carbocycles. The quantitative estimate of drug-likeness (QED) is 0.752. The van der Waals surface area contributed by atoms with E-state index < -0.39 is 17.6 Å². The van der Waals surface area contributed by atoms with Gasteiger partial charge < -0.3 is 5.32 Å². The fraction of sp³-hybridized carbons (Fsp3) is 0.235. The molecule has 0 fully saturated rings. The Bertz CT molecular complexity index is 1040. The van der Waals surface area contributed by atoms with Gasteiger partial charge in [-0.05, 0) is 43.7 Å². The lowest BCUT2D eigenvalue weighted by molar-refractivity contribution is -0.137. The number of halogens is 3. The molecule has 1 aromatic carbocycles. The molecule has 0 saturated heterocycles. The molecule has 0 spiro atoms. The molecular weight excluding hydrogens is 367 g/mol. The van der Waals surface area contributed by atoms with E-state index in [0.717, 1.165) is 34.7 Å². The molecule has 0 atom stereocenters. The van der Waals surface area contributed by atoms with Crippen molar-refractivity contribution in [3.8, 4) is 0 Å². The fourth-order valence-electron chi connectivity index (χ4n) is 2.48. The van der Waals surface area contributed by atoms with Crippen LogP contribution in [0.5, 0.6) is 0 Å². The monoisotopic (exact) mass is 381 g/mol. The summed E-state index contributed by atoms with van der Waals surface area (Å²) in [4.78, 5) is 30.5. The van der Waals surface area contributed by atoms with Crippen LogP contribution in [0.25, 0.3) is 10.2 Å². The Morgan fingerprint density at radius 1 is 1.23 bits per heavy atom. The molecule has 3 aromatic rings. The van der Waals surface area contributed by atoms with Gasteiger partial charge in [0.2, 0.25) is 5.91 Å². The second-order valence-electron chi connectivity index (χ2n) is 5.76. The van der Waals surface area contributed by atoms with E-state index >= 15 is 0 Å². The van der Waals surface area contributed by atoms with Crippen LogP contribution in [-0.4, -0.2) is 15.5 Å². The Morgan fingerprint density at radius 2 is 1.88 bits per heavy atom. The zero-order chi connectivity index (χ0) is 19.1. The number of benzene rings is 1. The number of thiophene rings is 1. The van der Waals surface area contributed by atoms with Crippen molar-refractivity contribution in [2.45, 2.75) is 26.6 Å². The van der Waals surface area contributed by atoms with Gasteiger partial charge in [-0.2, -0.15) is 13.2 Å². The van der Waals surface area contributed by atoms with Crippen molar-refractivity contribution in [1.82, 2.24) is 9.55 Å². The summed E-state index contributed by atoms with van der Waals surface area (Å²) in [6, 6.07) is 4.09. The lowest BCUT2D eigenvalue weighted by atomic mass is 10.2. The third kappa shape index (κ3) is 3.48. The molecule has 136 valence electrons. The molecule has 0 bridgehead atoms. The maximum atomic E-state index is 12.5. The summed E-state index contributed by atoms with van der Waals surface area (Å²) in [6.07, 6.45) is -3.14. The van der Waals surface area contributed by atoms with Gasteiger partial charge >= 0.3 is 6.18 Å². The number of nitrogens with zero attached hydrogens (tertiary/aromatic N) is 2. The van der Waals surface area contributed by atoms with Crippen LogP contribution in [0.15, 0.2) is 35.4 Å². The number of alkyl halides is 3. The maximum absolute atomic E-state index is 12.5. The van der Waals surface area contributed by atoms with E-state index in [0.29, 0.717) is 10.2 Å². The molecule has 1 N–H and O–H groups in total. The molecule has 0 aliphatic carbocycles. The van der Waals surface area contributed by atoms with E-state index in [2.05, 4.69) is 10.3 Å². The highest BCUT2D eigenvalue weighted by molar-refractivity contribution is 7.18.